The van der Waals surface area contributed by atoms with Crippen molar-refractivity contribution in [1.29, 1.82) is 0 Å². The minimum absolute atomic E-state index is 0.0108. The minimum Gasteiger partial charge on any atom is -0.467 e. The maximum absolute atomic E-state index is 12.1. The van der Waals surface area contributed by atoms with Gasteiger partial charge in [0.15, 0.2) is 9.84 Å². The molecule has 1 aromatic rings. The summed E-state index contributed by atoms with van der Waals surface area (Å²) in [7, 11) is -3.02. The number of hydrogen-bond donors (Lipinski definition) is 1. The molecular weight excluding hydrogens is 318 g/mol. The first-order valence-electron chi connectivity index (χ1n) is 7.96. The molecule has 1 aromatic heterocycles. The van der Waals surface area contributed by atoms with Gasteiger partial charge in [-0.3, -0.25) is 14.6 Å². The summed E-state index contributed by atoms with van der Waals surface area (Å²) in [5.41, 5.74) is 0. The van der Waals surface area contributed by atoms with Crippen molar-refractivity contribution in [1.82, 2.24) is 15.1 Å². The van der Waals surface area contributed by atoms with Gasteiger partial charge in [-0.2, -0.15) is 0 Å². The molecular formula is C15H23N3O4S. The number of rotatable bonds is 5. The molecule has 7 nitrogen and oxygen atoms in total. The number of sulfone groups is 1. The van der Waals surface area contributed by atoms with Crippen molar-refractivity contribution in [3.8, 4) is 0 Å². The maximum Gasteiger partial charge on any atom is 0.234 e. The van der Waals surface area contributed by atoms with Crippen molar-refractivity contribution in [2.24, 2.45) is 0 Å². The van der Waals surface area contributed by atoms with Crippen molar-refractivity contribution in [3.05, 3.63) is 24.2 Å². The lowest BCUT2D eigenvalue weighted by Crippen LogP contribution is -2.60. The van der Waals surface area contributed by atoms with E-state index in [0.29, 0.717) is 12.3 Å². The van der Waals surface area contributed by atoms with Gasteiger partial charge in [0.1, 0.15) is 5.76 Å². The van der Waals surface area contributed by atoms with Crippen LogP contribution in [0, 0.1) is 0 Å². The Morgan fingerprint density at radius 2 is 2.00 bits per heavy atom. The van der Waals surface area contributed by atoms with Gasteiger partial charge >= 0.3 is 0 Å². The van der Waals surface area contributed by atoms with Crippen molar-refractivity contribution in [2.45, 2.75) is 25.6 Å². The fourth-order valence-electron chi connectivity index (χ4n) is 3.52. The van der Waals surface area contributed by atoms with Crippen LogP contribution in [0.15, 0.2) is 22.8 Å². The zero-order valence-corrected chi connectivity index (χ0v) is 14.1. The predicted octanol–water partition coefficient (Wildman–Crippen LogP) is -0.301. The first kappa shape index (κ1) is 16.5. The van der Waals surface area contributed by atoms with Gasteiger partial charge in [0.2, 0.25) is 5.91 Å². The fourth-order valence-corrected chi connectivity index (χ4v) is 5.57. The van der Waals surface area contributed by atoms with E-state index < -0.39 is 9.84 Å². The average molecular weight is 341 g/mol. The average Bonchev–Trinajstić information content (AvgIpc) is 3.12. The fraction of sp³-hybridized carbons (Fsp3) is 0.667. The van der Waals surface area contributed by atoms with Crippen molar-refractivity contribution in [2.75, 3.05) is 37.7 Å². The van der Waals surface area contributed by atoms with Gasteiger partial charge in [-0.25, -0.2) is 8.42 Å². The summed E-state index contributed by atoms with van der Waals surface area (Å²) < 4.78 is 29.2. The molecule has 0 aromatic carbocycles. The van der Waals surface area contributed by atoms with E-state index in [9.17, 15) is 13.2 Å². The van der Waals surface area contributed by atoms with Crippen LogP contribution in [0.5, 0.6) is 0 Å². The number of nitrogens with one attached hydrogen (secondary N) is 1. The highest BCUT2D eigenvalue weighted by Gasteiger charge is 2.46. The van der Waals surface area contributed by atoms with E-state index >= 15 is 0 Å². The summed E-state index contributed by atoms with van der Waals surface area (Å²) >= 11 is 0. The van der Waals surface area contributed by atoms with Gasteiger partial charge in [-0.05, 0) is 18.7 Å². The smallest absolute Gasteiger partial charge is 0.234 e. The SMILES string of the molecule is CCN1CCN(CC(=O)NCc2ccco2)C2CS(=O)(=O)CC21. The molecule has 2 saturated heterocycles. The van der Waals surface area contributed by atoms with Gasteiger partial charge in [-0.1, -0.05) is 6.92 Å². The van der Waals surface area contributed by atoms with Crippen molar-refractivity contribution in [3.63, 3.8) is 0 Å². The second-order valence-electron chi connectivity index (χ2n) is 6.17. The van der Waals surface area contributed by atoms with Gasteiger partial charge in [0, 0.05) is 25.2 Å². The third kappa shape index (κ3) is 3.76. The zero-order valence-electron chi connectivity index (χ0n) is 13.3. The summed E-state index contributed by atoms with van der Waals surface area (Å²) in [5.74, 6) is 0.959. The molecule has 3 rings (SSSR count). The number of furan rings is 1. The standard InChI is InChI=1S/C15H23N3O4S/c1-2-17-5-6-18(14-11-23(20,21)10-13(14)17)9-15(19)16-8-12-4-3-7-22-12/h3-4,7,13-14H,2,5-6,8-11H2,1H3,(H,16,19). The molecule has 2 aliphatic rings. The van der Waals surface area contributed by atoms with Crippen LogP contribution in [0.3, 0.4) is 0 Å². The molecule has 0 bridgehead atoms. The number of nitrogens with zero attached hydrogens (tertiary/aromatic N) is 2. The third-order valence-electron chi connectivity index (χ3n) is 4.70. The van der Waals surface area contributed by atoms with E-state index in [-0.39, 0.29) is 36.0 Å². The molecule has 2 fully saturated rings. The van der Waals surface area contributed by atoms with Crippen LogP contribution >= 0.6 is 0 Å². The third-order valence-corrected chi connectivity index (χ3v) is 6.40. The number of amides is 1. The summed E-state index contributed by atoms with van der Waals surface area (Å²) in [6, 6.07) is 3.51. The Bertz CT molecular complexity index is 644. The molecule has 0 radical (unpaired) electrons. The Morgan fingerprint density at radius 3 is 2.65 bits per heavy atom. The van der Waals surface area contributed by atoms with E-state index in [1.807, 2.05) is 11.8 Å². The summed E-state index contributed by atoms with van der Waals surface area (Å²) in [5, 5.41) is 2.82. The highest BCUT2D eigenvalue weighted by Crippen LogP contribution is 2.26. The first-order chi connectivity index (χ1) is 11.0. The molecule has 0 saturated carbocycles. The van der Waals surface area contributed by atoms with E-state index in [0.717, 1.165) is 19.6 Å². The van der Waals surface area contributed by atoms with Crippen LogP contribution in [0.2, 0.25) is 0 Å². The largest absolute Gasteiger partial charge is 0.467 e. The van der Waals surface area contributed by atoms with Gasteiger partial charge in [0.05, 0.1) is 30.9 Å². The maximum atomic E-state index is 12.1. The molecule has 128 valence electrons. The van der Waals surface area contributed by atoms with Crippen molar-refractivity contribution >= 4 is 15.7 Å². The zero-order chi connectivity index (χ0) is 16.4. The molecule has 1 N–H and O–H groups in total. The lowest BCUT2D eigenvalue weighted by Gasteiger charge is -2.43. The normalized spacial score (nSPS) is 27.7. The molecule has 0 aliphatic carbocycles. The topological polar surface area (TPSA) is 82.9 Å². The summed E-state index contributed by atoms with van der Waals surface area (Å²) in [6.45, 7) is 5.00. The minimum atomic E-state index is -3.02. The number of likely N-dealkylation sites (N-methyl/N-ethyl adjacent to an activating group) is 1. The molecule has 23 heavy (non-hydrogen) atoms. The molecule has 2 atom stereocenters. The molecule has 0 spiro atoms. The van der Waals surface area contributed by atoms with Gasteiger partial charge < -0.3 is 9.73 Å². The van der Waals surface area contributed by atoms with Crippen LogP contribution in [-0.2, 0) is 21.2 Å². The second-order valence-corrected chi connectivity index (χ2v) is 8.32. The Hall–Kier alpha value is -1.38. The number of hydrogen-bond acceptors (Lipinski definition) is 6. The quantitative estimate of drug-likeness (QED) is 0.792. The van der Waals surface area contributed by atoms with E-state index in [1.54, 1.807) is 18.4 Å². The Labute approximate surface area is 136 Å². The second kappa shape index (κ2) is 6.62. The van der Waals surface area contributed by atoms with Crippen LogP contribution in [0.4, 0.5) is 0 Å². The summed E-state index contributed by atoms with van der Waals surface area (Å²) in [6.07, 6.45) is 1.57. The molecule has 2 aliphatic heterocycles. The number of fused-ring (bicyclic) bond motifs is 1. The van der Waals surface area contributed by atoms with Gasteiger partial charge in [-0.15, -0.1) is 0 Å². The highest BCUT2D eigenvalue weighted by molar-refractivity contribution is 7.91. The van der Waals surface area contributed by atoms with Crippen LogP contribution in [0.1, 0.15) is 12.7 Å². The molecule has 3 heterocycles. The van der Waals surface area contributed by atoms with Gasteiger partial charge in [0.25, 0.3) is 0 Å². The molecule has 8 heteroatoms. The lowest BCUT2D eigenvalue weighted by atomic mass is 10.0. The number of piperazine rings is 1. The first-order valence-corrected chi connectivity index (χ1v) is 9.78. The molecule has 2 unspecified atom stereocenters. The molecule has 1 amide bonds. The van der Waals surface area contributed by atoms with Crippen LogP contribution in [-0.4, -0.2) is 73.9 Å². The van der Waals surface area contributed by atoms with E-state index in [2.05, 4.69) is 10.2 Å². The monoisotopic (exact) mass is 341 g/mol. The lowest BCUT2D eigenvalue weighted by molar-refractivity contribution is -0.124. The van der Waals surface area contributed by atoms with Crippen LogP contribution < -0.4 is 5.32 Å². The van der Waals surface area contributed by atoms with E-state index in [1.165, 1.54) is 0 Å². The van der Waals surface area contributed by atoms with Crippen LogP contribution in [0.25, 0.3) is 0 Å². The Balaban J connectivity index is 1.60. The number of carbonyl (C=O) groups is 1. The van der Waals surface area contributed by atoms with E-state index in [4.69, 9.17) is 4.42 Å². The summed E-state index contributed by atoms with van der Waals surface area (Å²) in [4.78, 5) is 16.4. The predicted molar refractivity (Wildman–Crippen MR) is 85.6 cm³/mol. The Kier molecular flexibility index (Phi) is 4.74. The highest BCUT2D eigenvalue weighted by atomic mass is 32.2. The number of carbonyl (C=O) groups excluding carboxylic acids is 1. The Morgan fingerprint density at radius 1 is 1.30 bits per heavy atom. The van der Waals surface area contributed by atoms with Crippen molar-refractivity contribution < 1.29 is 17.6 Å².